The van der Waals surface area contributed by atoms with Crippen LogP contribution in [0.25, 0.3) is 0 Å². The van der Waals surface area contributed by atoms with Gasteiger partial charge in [-0.1, -0.05) is 6.92 Å². The van der Waals surface area contributed by atoms with Crippen LogP contribution in [0.2, 0.25) is 0 Å². The lowest BCUT2D eigenvalue weighted by Gasteiger charge is -2.08. The summed E-state index contributed by atoms with van der Waals surface area (Å²) in [5, 5.41) is 13.4. The number of amides is 2. The standard InChI is InChI=1S/C13H15FN2O4/c1-2-3-11(17)15-7-12(18)16-10-6-8(13(19)20)4-5-9(10)14/h4-6H,2-3,7H2,1H3,(H,15,17)(H,16,18)(H,19,20). The first-order valence-corrected chi connectivity index (χ1v) is 6.03. The van der Waals surface area contributed by atoms with Gasteiger partial charge in [0.15, 0.2) is 0 Å². The van der Waals surface area contributed by atoms with Crippen molar-refractivity contribution in [3.05, 3.63) is 29.6 Å². The van der Waals surface area contributed by atoms with E-state index in [1.54, 1.807) is 0 Å². The third kappa shape index (κ3) is 4.68. The van der Waals surface area contributed by atoms with Gasteiger partial charge >= 0.3 is 5.97 Å². The molecule has 2 amide bonds. The van der Waals surface area contributed by atoms with Gasteiger partial charge in [0.25, 0.3) is 0 Å². The molecule has 0 saturated heterocycles. The monoisotopic (exact) mass is 282 g/mol. The van der Waals surface area contributed by atoms with E-state index in [-0.39, 0.29) is 23.7 Å². The van der Waals surface area contributed by atoms with E-state index < -0.39 is 17.7 Å². The summed E-state index contributed by atoms with van der Waals surface area (Å²) in [6, 6.07) is 3.06. The van der Waals surface area contributed by atoms with Gasteiger partial charge in [0.2, 0.25) is 11.8 Å². The normalized spacial score (nSPS) is 9.90. The minimum atomic E-state index is -1.23. The second-order valence-electron chi connectivity index (χ2n) is 4.07. The highest BCUT2D eigenvalue weighted by Crippen LogP contribution is 2.16. The molecule has 0 fully saturated rings. The van der Waals surface area contributed by atoms with Crippen LogP contribution in [0, 0.1) is 5.82 Å². The number of halogens is 1. The molecule has 0 aliphatic rings. The fourth-order valence-electron chi connectivity index (χ4n) is 1.44. The number of carboxylic acids is 1. The second kappa shape index (κ2) is 7.22. The zero-order valence-corrected chi connectivity index (χ0v) is 10.9. The molecule has 3 N–H and O–H groups in total. The minimum absolute atomic E-state index is 0.142. The number of aromatic carboxylic acids is 1. The van der Waals surface area contributed by atoms with E-state index in [9.17, 15) is 18.8 Å². The number of hydrogen-bond acceptors (Lipinski definition) is 3. The summed E-state index contributed by atoms with van der Waals surface area (Å²) >= 11 is 0. The smallest absolute Gasteiger partial charge is 0.335 e. The first-order valence-electron chi connectivity index (χ1n) is 6.03. The molecular formula is C13H15FN2O4. The number of nitrogens with one attached hydrogen (secondary N) is 2. The molecule has 0 saturated carbocycles. The molecule has 0 aromatic heterocycles. The number of benzene rings is 1. The Labute approximate surface area is 115 Å². The Morgan fingerprint density at radius 1 is 1.25 bits per heavy atom. The second-order valence-corrected chi connectivity index (χ2v) is 4.07. The highest BCUT2D eigenvalue weighted by molar-refractivity contribution is 5.96. The highest BCUT2D eigenvalue weighted by Gasteiger charge is 2.11. The van der Waals surface area contributed by atoms with Gasteiger partial charge in [-0.05, 0) is 24.6 Å². The van der Waals surface area contributed by atoms with E-state index in [0.29, 0.717) is 12.8 Å². The largest absolute Gasteiger partial charge is 0.478 e. The Morgan fingerprint density at radius 2 is 1.95 bits per heavy atom. The van der Waals surface area contributed by atoms with Gasteiger partial charge in [0, 0.05) is 6.42 Å². The van der Waals surface area contributed by atoms with Crippen LogP contribution < -0.4 is 10.6 Å². The van der Waals surface area contributed by atoms with Crippen molar-refractivity contribution in [1.29, 1.82) is 0 Å². The van der Waals surface area contributed by atoms with Crippen LogP contribution in [0.5, 0.6) is 0 Å². The van der Waals surface area contributed by atoms with E-state index >= 15 is 0 Å². The summed E-state index contributed by atoms with van der Waals surface area (Å²) in [5.74, 6) is -2.88. The minimum Gasteiger partial charge on any atom is -0.478 e. The Hall–Kier alpha value is -2.44. The lowest BCUT2D eigenvalue weighted by Crippen LogP contribution is -2.32. The van der Waals surface area contributed by atoms with E-state index in [0.717, 1.165) is 18.2 Å². The fourth-order valence-corrected chi connectivity index (χ4v) is 1.44. The van der Waals surface area contributed by atoms with Crippen molar-refractivity contribution in [2.75, 3.05) is 11.9 Å². The van der Waals surface area contributed by atoms with Crippen LogP contribution in [-0.4, -0.2) is 29.4 Å². The first kappa shape index (κ1) is 15.6. The van der Waals surface area contributed by atoms with Crippen molar-refractivity contribution in [3.8, 4) is 0 Å². The number of anilines is 1. The van der Waals surface area contributed by atoms with Crippen molar-refractivity contribution in [1.82, 2.24) is 5.32 Å². The summed E-state index contributed by atoms with van der Waals surface area (Å²) < 4.78 is 13.4. The molecule has 1 aromatic rings. The molecular weight excluding hydrogens is 267 g/mol. The zero-order chi connectivity index (χ0) is 15.1. The van der Waals surface area contributed by atoms with Crippen LogP contribution in [0.4, 0.5) is 10.1 Å². The average molecular weight is 282 g/mol. The van der Waals surface area contributed by atoms with E-state index in [1.807, 2.05) is 6.92 Å². The van der Waals surface area contributed by atoms with Gasteiger partial charge in [0.05, 0.1) is 17.8 Å². The van der Waals surface area contributed by atoms with Gasteiger partial charge < -0.3 is 15.7 Å². The Bertz CT molecular complexity index is 531. The fraction of sp³-hybridized carbons (Fsp3) is 0.308. The van der Waals surface area contributed by atoms with Gasteiger partial charge in [0.1, 0.15) is 5.82 Å². The van der Waals surface area contributed by atoms with E-state index in [2.05, 4.69) is 10.6 Å². The summed E-state index contributed by atoms with van der Waals surface area (Å²) in [6.07, 6.45) is 0.957. The summed E-state index contributed by atoms with van der Waals surface area (Å²) in [4.78, 5) is 33.4. The molecule has 0 unspecified atom stereocenters. The van der Waals surface area contributed by atoms with Crippen molar-refractivity contribution in [3.63, 3.8) is 0 Å². The molecule has 108 valence electrons. The number of carbonyl (C=O) groups excluding carboxylic acids is 2. The number of carboxylic acid groups (broad SMARTS) is 1. The lowest BCUT2D eigenvalue weighted by molar-refractivity contribution is -0.124. The number of rotatable bonds is 6. The molecule has 6 nitrogen and oxygen atoms in total. The van der Waals surface area contributed by atoms with Crippen molar-refractivity contribution >= 4 is 23.5 Å². The molecule has 0 heterocycles. The summed E-state index contributed by atoms with van der Waals surface area (Å²) in [6.45, 7) is 1.53. The van der Waals surface area contributed by atoms with Gasteiger partial charge in [-0.2, -0.15) is 0 Å². The maximum Gasteiger partial charge on any atom is 0.335 e. The molecule has 0 radical (unpaired) electrons. The predicted molar refractivity (Wildman–Crippen MR) is 69.9 cm³/mol. The van der Waals surface area contributed by atoms with E-state index in [4.69, 9.17) is 5.11 Å². The number of hydrogen-bond donors (Lipinski definition) is 3. The predicted octanol–water partition coefficient (Wildman–Crippen LogP) is 1.38. The van der Waals surface area contributed by atoms with Crippen LogP contribution in [0.3, 0.4) is 0 Å². The first-order chi connectivity index (χ1) is 9.43. The molecule has 1 rings (SSSR count). The Balaban J connectivity index is 2.63. The topological polar surface area (TPSA) is 95.5 Å². The Kier molecular flexibility index (Phi) is 5.64. The summed E-state index contributed by atoms with van der Waals surface area (Å²) in [5.41, 5.74) is -0.378. The third-order valence-electron chi connectivity index (χ3n) is 2.41. The van der Waals surface area contributed by atoms with Crippen LogP contribution in [0.1, 0.15) is 30.1 Å². The molecule has 0 aliphatic heterocycles. The molecule has 20 heavy (non-hydrogen) atoms. The molecule has 7 heteroatoms. The van der Waals surface area contributed by atoms with Crippen molar-refractivity contribution < 1.29 is 23.9 Å². The quantitative estimate of drug-likeness (QED) is 0.734. The maximum absolute atomic E-state index is 13.4. The van der Waals surface area contributed by atoms with Gasteiger partial charge in [-0.3, -0.25) is 9.59 Å². The van der Waals surface area contributed by atoms with Crippen LogP contribution in [0.15, 0.2) is 18.2 Å². The molecule has 1 aromatic carbocycles. The van der Waals surface area contributed by atoms with Crippen LogP contribution in [-0.2, 0) is 9.59 Å². The maximum atomic E-state index is 13.4. The average Bonchev–Trinajstić information content (AvgIpc) is 2.39. The molecule has 0 bridgehead atoms. The molecule has 0 spiro atoms. The van der Waals surface area contributed by atoms with Crippen molar-refractivity contribution in [2.45, 2.75) is 19.8 Å². The molecule has 0 atom stereocenters. The van der Waals surface area contributed by atoms with Crippen LogP contribution >= 0.6 is 0 Å². The third-order valence-corrected chi connectivity index (χ3v) is 2.41. The van der Waals surface area contributed by atoms with Gasteiger partial charge in [-0.25, -0.2) is 9.18 Å². The van der Waals surface area contributed by atoms with Crippen molar-refractivity contribution in [2.24, 2.45) is 0 Å². The highest BCUT2D eigenvalue weighted by atomic mass is 19.1. The lowest BCUT2D eigenvalue weighted by atomic mass is 10.2. The van der Waals surface area contributed by atoms with E-state index in [1.165, 1.54) is 0 Å². The Morgan fingerprint density at radius 3 is 2.55 bits per heavy atom. The SMILES string of the molecule is CCCC(=O)NCC(=O)Nc1cc(C(=O)O)ccc1F. The number of carbonyl (C=O) groups is 3. The zero-order valence-electron chi connectivity index (χ0n) is 10.9. The molecule has 0 aliphatic carbocycles. The summed E-state index contributed by atoms with van der Waals surface area (Å²) in [7, 11) is 0. The van der Waals surface area contributed by atoms with Gasteiger partial charge in [-0.15, -0.1) is 0 Å².